The number of aromatic amines is 1. The van der Waals surface area contributed by atoms with Gasteiger partial charge in [-0.1, -0.05) is 30.3 Å². The number of primary sulfonamides is 1. The van der Waals surface area contributed by atoms with Crippen LogP contribution >= 0.6 is 0 Å². The lowest BCUT2D eigenvalue weighted by molar-refractivity contribution is -0.122. The number of aromatic nitrogens is 1. The number of rotatable bonds is 8. The average Bonchev–Trinajstić information content (AvgIpc) is 3.10. The molecule has 0 aliphatic heterocycles. The van der Waals surface area contributed by atoms with Crippen LogP contribution in [-0.4, -0.2) is 44.3 Å². The van der Waals surface area contributed by atoms with E-state index in [-0.39, 0.29) is 23.4 Å². The number of carbonyl (C=O) groups excluding carboxylic acids is 1. The van der Waals surface area contributed by atoms with Crippen molar-refractivity contribution in [3.05, 3.63) is 65.9 Å². The minimum atomic E-state index is -3.71. The summed E-state index contributed by atoms with van der Waals surface area (Å²) in [6.07, 6.45) is 2.74. The number of nitrogens with two attached hydrogens (primary N) is 1. The standard InChI is InChI=1S/C21H26N4O3S/c1-15(16-7-9-18(10-8-16)29(22,27)28)25(2)14-21(26)23-12-11-17-13-24-20-6-4-3-5-19(17)20/h3-10,13,15,24H,11-12,14H2,1-2H3,(H,23,26)(H2,22,27,28). The van der Waals surface area contributed by atoms with Crippen molar-refractivity contribution in [3.8, 4) is 0 Å². The molecule has 2 aromatic carbocycles. The number of nitrogens with one attached hydrogen (secondary N) is 2. The number of amides is 1. The molecule has 1 aromatic heterocycles. The summed E-state index contributed by atoms with van der Waals surface area (Å²) in [6, 6.07) is 14.4. The van der Waals surface area contributed by atoms with Gasteiger partial charge in [0.15, 0.2) is 0 Å². The van der Waals surface area contributed by atoms with Gasteiger partial charge in [-0.05, 0) is 49.7 Å². The van der Waals surface area contributed by atoms with Crippen LogP contribution in [0.4, 0.5) is 0 Å². The van der Waals surface area contributed by atoms with E-state index in [4.69, 9.17) is 5.14 Å². The number of hydrogen-bond donors (Lipinski definition) is 3. The average molecular weight is 415 g/mol. The molecule has 8 heteroatoms. The summed E-state index contributed by atoms with van der Waals surface area (Å²) < 4.78 is 22.7. The van der Waals surface area contributed by atoms with Crippen LogP contribution in [-0.2, 0) is 21.2 Å². The quantitative estimate of drug-likeness (QED) is 0.525. The third kappa shape index (κ3) is 5.23. The Labute approximate surface area is 171 Å². The fourth-order valence-electron chi connectivity index (χ4n) is 3.28. The molecule has 3 aromatic rings. The van der Waals surface area contributed by atoms with Gasteiger partial charge < -0.3 is 10.3 Å². The first kappa shape index (κ1) is 21.0. The molecule has 4 N–H and O–H groups in total. The zero-order valence-corrected chi connectivity index (χ0v) is 17.4. The number of nitrogens with zero attached hydrogens (tertiary/aromatic N) is 1. The number of para-hydroxylation sites is 1. The normalized spacial score (nSPS) is 13.0. The SMILES string of the molecule is CC(c1ccc(S(N)(=O)=O)cc1)N(C)CC(=O)NCCc1c[nH]c2ccccc12. The summed E-state index contributed by atoms with van der Waals surface area (Å²) in [5.41, 5.74) is 3.18. The zero-order chi connectivity index (χ0) is 21.0. The molecule has 1 unspecified atom stereocenters. The van der Waals surface area contributed by atoms with Gasteiger partial charge in [0.05, 0.1) is 11.4 Å². The molecule has 3 rings (SSSR count). The van der Waals surface area contributed by atoms with Gasteiger partial charge in [-0.25, -0.2) is 13.6 Å². The van der Waals surface area contributed by atoms with E-state index in [1.54, 1.807) is 12.1 Å². The van der Waals surface area contributed by atoms with Crippen molar-refractivity contribution < 1.29 is 13.2 Å². The molecular formula is C21H26N4O3S. The van der Waals surface area contributed by atoms with E-state index >= 15 is 0 Å². The largest absolute Gasteiger partial charge is 0.361 e. The Kier molecular flexibility index (Phi) is 6.36. The van der Waals surface area contributed by atoms with Crippen LogP contribution in [0.2, 0.25) is 0 Å². The van der Waals surface area contributed by atoms with Crippen molar-refractivity contribution in [2.75, 3.05) is 20.1 Å². The van der Waals surface area contributed by atoms with E-state index in [1.165, 1.54) is 23.1 Å². The summed E-state index contributed by atoms with van der Waals surface area (Å²) in [5.74, 6) is -0.0552. The molecule has 1 heterocycles. The predicted molar refractivity (Wildman–Crippen MR) is 114 cm³/mol. The number of H-pyrrole nitrogens is 1. The molecule has 1 atom stereocenters. The monoisotopic (exact) mass is 414 g/mol. The summed E-state index contributed by atoms with van der Waals surface area (Å²) in [6.45, 7) is 2.77. The van der Waals surface area contributed by atoms with E-state index in [9.17, 15) is 13.2 Å². The van der Waals surface area contributed by atoms with Gasteiger partial charge >= 0.3 is 0 Å². The third-order valence-corrected chi connectivity index (χ3v) is 6.07. The maximum absolute atomic E-state index is 12.3. The van der Waals surface area contributed by atoms with Gasteiger partial charge in [-0.3, -0.25) is 9.69 Å². The summed E-state index contributed by atoms with van der Waals surface area (Å²) >= 11 is 0. The number of fused-ring (bicyclic) bond motifs is 1. The molecule has 0 spiro atoms. The molecule has 7 nitrogen and oxygen atoms in total. The molecule has 0 bridgehead atoms. The first-order valence-electron chi connectivity index (χ1n) is 9.40. The number of hydrogen-bond acceptors (Lipinski definition) is 4. The second kappa shape index (κ2) is 8.77. The van der Waals surface area contributed by atoms with E-state index < -0.39 is 10.0 Å². The number of sulfonamides is 1. The lowest BCUT2D eigenvalue weighted by Crippen LogP contribution is -2.37. The predicted octanol–water partition coefficient (Wildman–Crippen LogP) is 2.17. The second-order valence-electron chi connectivity index (χ2n) is 7.16. The first-order chi connectivity index (χ1) is 13.8. The third-order valence-electron chi connectivity index (χ3n) is 5.14. The molecule has 0 fully saturated rings. The van der Waals surface area contributed by atoms with Crippen LogP contribution in [0.25, 0.3) is 10.9 Å². The molecule has 0 aliphatic carbocycles. The Balaban J connectivity index is 1.50. The van der Waals surface area contributed by atoms with Crippen LogP contribution in [0.5, 0.6) is 0 Å². The van der Waals surface area contributed by atoms with Crippen LogP contribution in [0.15, 0.2) is 59.6 Å². The van der Waals surface area contributed by atoms with Crippen molar-refractivity contribution in [2.45, 2.75) is 24.3 Å². The maximum atomic E-state index is 12.3. The highest BCUT2D eigenvalue weighted by Gasteiger charge is 2.16. The van der Waals surface area contributed by atoms with Gasteiger partial charge in [-0.2, -0.15) is 0 Å². The van der Waals surface area contributed by atoms with Gasteiger partial charge in [-0.15, -0.1) is 0 Å². The zero-order valence-electron chi connectivity index (χ0n) is 16.6. The number of benzene rings is 2. The molecule has 29 heavy (non-hydrogen) atoms. The number of likely N-dealkylation sites (N-methyl/N-ethyl adjacent to an activating group) is 1. The molecule has 0 aliphatic rings. The molecular weight excluding hydrogens is 388 g/mol. The highest BCUT2D eigenvalue weighted by Crippen LogP contribution is 2.20. The summed E-state index contributed by atoms with van der Waals surface area (Å²) in [5, 5.41) is 9.27. The topological polar surface area (TPSA) is 108 Å². The highest BCUT2D eigenvalue weighted by molar-refractivity contribution is 7.89. The van der Waals surface area contributed by atoms with Crippen LogP contribution in [0.3, 0.4) is 0 Å². The molecule has 154 valence electrons. The maximum Gasteiger partial charge on any atom is 0.238 e. The number of carbonyl (C=O) groups is 1. The smallest absolute Gasteiger partial charge is 0.238 e. The minimum Gasteiger partial charge on any atom is -0.361 e. The van der Waals surface area contributed by atoms with Gasteiger partial charge in [0, 0.05) is 29.7 Å². The molecule has 0 saturated carbocycles. The lowest BCUT2D eigenvalue weighted by Gasteiger charge is -2.24. The van der Waals surface area contributed by atoms with E-state index in [0.29, 0.717) is 6.54 Å². The van der Waals surface area contributed by atoms with Crippen LogP contribution < -0.4 is 10.5 Å². The fraction of sp³-hybridized carbons (Fsp3) is 0.286. The van der Waals surface area contributed by atoms with Crippen molar-refractivity contribution in [1.29, 1.82) is 0 Å². The Bertz CT molecular complexity index is 1090. The van der Waals surface area contributed by atoms with Crippen LogP contribution in [0, 0.1) is 0 Å². The Morgan fingerprint density at radius 2 is 1.86 bits per heavy atom. The van der Waals surface area contributed by atoms with Gasteiger partial charge in [0.25, 0.3) is 0 Å². The van der Waals surface area contributed by atoms with Crippen molar-refractivity contribution in [3.63, 3.8) is 0 Å². The van der Waals surface area contributed by atoms with Gasteiger partial charge in [0.2, 0.25) is 15.9 Å². The van der Waals surface area contributed by atoms with Crippen molar-refractivity contribution in [2.24, 2.45) is 5.14 Å². The lowest BCUT2D eigenvalue weighted by atomic mass is 10.1. The summed E-state index contributed by atoms with van der Waals surface area (Å²) in [7, 11) is -1.85. The van der Waals surface area contributed by atoms with Crippen LogP contribution in [0.1, 0.15) is 24.1 Å². The molecule has 1 amide bonds. The Hall–Kier alpha value is -2.68. The first-order valence-corrected chi connectivity index (χ1v) is 10.9. The van der Waals surface area contributed by atoms with Crippen molar-refractivity contribution in [1.82, 2.24) is 15.2 Å². The van der Waals surface area contributed by atoms with E-state index in [2.05, 4.69) is 16.4 Å². The Morgan fingerprint density at radius 1 is 1.17 bits per heavy atom. The molecule has 0 radical (unpaired) electrons. The molecule has 0 saturated heterocycles. The Morgan fingerprint density at radius 3 is 2.55 bits per heavy atom. The fourth-order valence-corrected chi connectivity index (χ4v) is 3.80. The van der Waals surface area contributed by atoms with E-state index in [0.717, 1.165) is 17.5 Å². The highest BCUT2D eigenvalue weighted by atomic mass is 32.2. The summed E-state index contributed by atoms with van der Waals surface area (Å²) in [4.78, 5) is 17.5. The van der Waals surface area contributed by atoms with Gasteiger partial charge in [0.1, 0.15) is 0 Å². The second-order valence-corrected chi connectivity index (χ2v) is 8.73. The van der Waals surface area contributed by atoms with Crippen molar-refractivity contribution >= 4 is 26.8 Å². The minimum absolute atomic E-state index is 0.0519. The van der Waals surface area contributed by atoms with E-state index in [1.807, 2.05) is 43.3 Å².